The average Bonchev–Trinajstić information content (AvgIpc) is 3.19. The number of rotatable bonds is 2. The van der Waals surface area contributed by atoms with Crippen molar-refractivity contribution in [2.45, 2.75) is 0 Å². The molecule has 0 amide bonds. The number of aromatic hydroxyl groups is 2. The van der Waals surface area contributed by atoms with E-state index in [-0.39, 0.29) is 0 Å². The zero-order valence-electron chi connectivity index (χ0n) is 27.9. The first kappa shape index (κ1) is 27.9. The van der Waals surface area contributed by atoms with E-state index in [9.17, 15) is 10.2 Å². The van der Waals surface area contributed by atoms with Gasteiger partial charge in [-0.1, -0.05) is 127 Å². The molecule has 0 spiro atoms. The standard InChI is InChI=1S/C50H28O2/c51-45-22-16-29-13-18-36-35(17-12-28-15-19-38(45)49(29)48(28)36)41-25-43-34-11-4-3-10-33(34)42(26-44(43)32-9-2-1-8-31(32)41)40-24-30-7-5-6-27-14-20-39-46(52)23-21-37(40)50(39)47(27)30/h1-26,51-52H. The molecule has 52 heavy (non-hydrogen) atoms. The number of phenols is 2. The van der Waals surface area contributed by atoms with Crippen LogP contribution in [0.15, 0.2) is 158 Å². The van der Waals surface area contributed by atoms with E-state index in [4.69, 9.17) is 0 Å². The molecule has 240 valence electrons. The van der Waals surface area contributed by atoms with Crippen molar-refractivity contribution in [3.05, 3.63) is 158 Å². The van der Waals surface area contributed by atoms with Crippen molar-refractivity contribution in [3.63, 3.8) is 0 Å². The van der Waals surface area contributed by atoms with Gasteiger partial charge in [0.25, 0.3) is 0 Å². The summed E-state index contributed by atoms with van der Waals surface area (Å²) in [6.45, 7) is 0. The molecule has 12 aromatic carbocycles. The van der Waals surface area contributed by atoms with Crippen molar-refractivity contribution in [3.8, 4) is 33.8 Å². The van der Waals surface area contributed by atoms with E-state index < -0.39 is 0 Å². The number of benzene rings is 12. The molecule has 0 aliphatic heterocycles. The maximum Gasteiger partial charge on any atom is 0.123 e. The van der Waals surface area contributed by atoms with Gasteiger partial charge in [-0.3, -0.25) is 0 Å². The van der Waals surface area contributed by atoms with Crippen LogP contribution in [-0.2, 0) is 0 Å². The molecule has 0 aromatic heterocycles. The molecular weight excluding hydrogens is 633 g/mol. The predicted octanol–water partition coefficient (Wildman–Crippen LogP) is 13.7. The SMILES string of the molecule is Oc1ccc2ccc3c(-c4cc5c6ccccc6c(-c6cc7cccc8ccc9c(O)ccc6c9c87)cc5c5ccccc45)ccc4ccc1c2c43. The van der Waals surface area contributed by atoms with Gasteiger partial charge >= 0.3 is 0 Å². The van der Waals surface area contributed by atoms with Crippen LogP contribution < -0.4 is 0 Å². The maximum atomic E-state index is 11.0. The van der Waals surface area contributed by atoms with Gasteiger partial charge in [0.2, 0.25) is 0 Å². The van der Waals surface area contributed by atoms with E-state index in [1.807, 2.05) is 18.2 Å². The zero-order chi connectivity index (χ0) is 34.2. The lowest BCUT2D eigenvalue weighted by atomic mass is 9.83. The molecular formula is C50H28O2. The molecule has 0 saturated heterocycles. The first-order valence-corrected chi connectivity index (χ1v) is 17.8. The summed E-state index contributed by atoms with van der Waals surface area (Å²) in [7, 11) is 0. The van der Waals surface area contributed by atoms with Gasteiger partial charge < -0.3 is 10.2 Å². The number of phenolic OH excluding ortho intramolecular Hbond substituents is 2. The topological polar surface area (TPSA) is 40.5 Å². The van der Waals surface area contributed by atoms with E-state index in [2.05, 4.69) is 133 Å². The van der Waals surface area contributed by atoms with E-state index in [1.54, 1.807) is 6.07 Å². The number of hydrogen-bond donors (Lipinski definition) is 2. The highest BCUT2D eigenvalue weighted by molar-refractivity contribution is 6.32. The summed E-state index contributed by atoms with van der Waals surface area (Å²) < 4.78 is 0. The van der Waals surface area contributed by atoms with Crippen molar-refractivity contribution in [1.82, 2.24) is 0 Å². The minimum Gasteiger partial charge on any atom is -0.507 e. The van der Waals surface area contributed by atoms with Gasteiger partial charge in [-0.25, -0.2) is 0 Å². The van der Waals surface area contributed by atoms with Gasteiger partial charge in [0, 0.05) is 21.5 Å². The second kappa shape index (κ2) is 9.87. The van der Waals surface area contributed by atoms with E-state index >= 15 is 0 Å². The van der Waals surface area contributed by atoms with E-state index in [0.29, 0.717) is 11.5 Å². The predicted molar refractivity (Wildman–Crippen MR) is 221 cm³/mol. The molecule has 12 aromatic rings. The number of fused-ring (bicyclic) bond motifs is 5. The smallest absolute Gasteiger partial charge is 0.123 e. The fraction of sp³-hybridized carbons (Fsp3) is 0. The quantitative estimate of drug-likeness (QED) is 0.181. The van der Waals surface area contributed by atoms with Crippen LogP contribution in [0.4, 0.5) is 0 Å². The summed E-state index contributed by atoms with van der Waals surface area (Å²) in [6.07, 6.45) is 0. The zero-order valence-corrected chi connectivity index (χ0v) is 27.9. The van der Waals surface area contributed by atoms with Crippen LogP contribution in [0.1, 0.15) is 0 Å². The maximum absolute atomic E-state index is 11.0. The molecule has 2 N–H and O–H groups in total. The Hall–Kier alpha value is -6.90. The molecule has 0 aliphatic rings. The molecule has 0 fully saturated rings. The molecule has 12 rings (SSSR count). The third-order valence-corrected chi connectivity index (χ3v) is 11.7. The second-order valence-corrected chi connectivity index (χ2v) is 14.3. The Bertz CT molecular complexity index is 3480. The highest BCUT2D eigenvalue weighted by Crippen LogP contribution is 2.48. The molecule has 0 aliphatic carbocycles. The van der Waals surface area contributed by atoms with Crippen molar-refractivity contribution in [2.24, 2.45) is 0 Å². The summed E-state index contributed by atoms with van der Waals surface area (Å²) in [6, 6.07) is 56.2. The highest BCUT2D eigenvalue weighted by atomic mass is 16.3. The average molecular weight is 661 g/mol. The lowest BCUT2D eigenvalue weighted by Crippen LogP contribution is -1.92. The third kappa shape index (κ3) is 3.53. The fourth-order valence-electron chi connectivity index (χ4n) is 9.45. The van der Waals surface area contributed by atoms with Crippen LogP contribution in [0.2, 0.25) is 0 Å². The first-order valence-electron chi connectivity index (χ1n) is 17.8. The van der Waals surface area contributed by atoms with Crippen molar-refractivity contribution in [1.29, 1.82) is 0 Å². The summed E-state index contributed by atoms with van der Waals surface area (Å²) in [5.74, 6) is 0.620. The van der Waals surface area contributed by atoms with Crippen LogP contribution in [0.25, 0.3) is 119 Å². The van der Waals surface area contributed by atoms with E-state index in [1.165, 1.54) is 81.3 Å². The minimum absolute atomic E-state index is 0.308. The summed E-state index contributed by atoms with van der Waals surface area (Å²) >= 11 is 0. The van der Waals surface area contributed by atoms with Gasteiger partial charge in [-0.2, -0.15) is 0 Å². The van der Waals surface area contributed by atoms with Gasteiger partial charge in [-0.15, -0.1) is 0 Å². The Morgan fingerprint density at radius 3 is 1.37 bits per heavy atom. The van der Waals surface area contributed by atoms with E-state index in [0.717, 1.165) is 37.9 Å². The van der Waals surface area contributed by atoms with Crippen molar-refractivity contribution in [2.75, 3.05) is 0 Å². The lowest BCUT2D eigenvalue weighted by molar-refractivity contribution is 0.481. The largest absolute Gasteiger partial charge is 0.507 e. The van der Waals surface area contributed by atoms with Gasteiger partial charge in [0.15, 0.2) is 0 Å². The van der Waals surface area contributed by atoms with Crippen molar-refractivity contribution >= 4 is 97.0 Å². The Balaban J connectivity index is 1.21. The van der Waals surface area contributed by atoms with Crippen molar-refractivity contribution < 1.29 is 10.2 Å². The Morgan fingerprint density at radius 1 is 0.231 bits per heavy atom. The third-order valence-electron chi connectivity index (χ3n) is 11.7. The Labute approximate surface area is 297 Å². The van der Waals surface area contributed by atoms with Crippen LogP contribution in [0, 0.1) is 0 Å². The normalized spacial score (nSPS) is 12.4. The molecule has 0 atom stereocenters. The Kier molecular flexibility index (Phi) is 5.29. The van der Waals surface area contributed by atoms with Gasteiger partial charge in [0.1, 0.15) is 11.5 Å². The second-order valence-electron chi connectivity index (χ2n) is 14.3. The van der Waals surface area contributed by atoms with Crippen LogP contribution >= 0.6 is 0 Å². The minimum atomic E-state index is 0.308. The Morgan fingerprint density at radius 2 is 0.673 bits per heavy atom. The van der Waals surface area contributed by atoms with Gasteiger partial charge in [0.05, 0.1) is 0 Å². The molecule has 2 nitrogen and oxygen atoms in total. The molecule has 0 unspecified atom stereocenters. The van der Waals surface area contributed by atoms with Gasteiger partial charge in [-0.05, 0) is 128 Å². The highest BCUT2D eigenvalue weighted by Gasteiger charge is 2.20. The summed E-state index contributed by atoms with van der Waals surface area (Å²) in [5, 5.41) is 42.4. The lowest BCUT2D eigenvalue weighted by Gasteiger charge is -2.20. The first-order chi connectivity index (χ1) is 25.6. The number of hydrogen-bond acceptors (Lipinski definition) is 2. The van der Waals surface area contributed by atoms with Crippen LogP contribution in [0.5, 0.6) is 11.5 Å². The molecule has 0 radical (unpaired) electrons. The summed E-state index contributed by atoms with van der Waals surface area (Å²) in [5.41, 5.74) is 4.73. The molecule has 2 heteroatoms. The fourth-order valence-corrected chi connectivity index (χ4v) is 9.45. The molecule has 0 bridgehead atoms. The molecule has 0 heterocycles. The van der Waals surface area contributed by atoms with Crippen LogP contribution in [-0.4, -0.2) is 10.2 Å². The molecule has 0 saturated carbocycles. The van der Waals surface area contributed by atoms with Crippen LogP contribution in [0.3, 0.4) is 0 Å². The monoisotopic (exact) mass is 660 g/mol. The summed E-state index contributed by atoms with van der Waals surface area (Å²) in [4.78, 5) is 0.